The summed E-state index contributed by atoms with van der Waals surface area (Å²) in [5, 5.41) is 0. The van der Waals surface area contributed by atoms with Gasteiger partial charge in [0.2, 0.25) is 0 Å². The molecular weight excluding hydrogens is 787 g/mol. The van der Waals surface area contributed by atoms with Crippen molar-refractivity contribution in [3.63, 3.8) is 0 Å². The van der Waals surface area contributed by atoms with Crippen LogP contribution in [0, 0.1) is 11.6 Å². The van der Waals surface area contributed by atoms with E-state index >= 15 is 8.78 Å². The zero-order valence-corrected chi connectivity index (χ0v) is 38.8. The molecule has 2 nitrogen and oxygen atoms in total. The van der Waals surface area contributed by atoms with Gasteiger partial charge in [-0.15, -0.1) is 45.3 Å². The fraction of sp³-hybridized carbons (Fsp3) is 0.571. The van der Waals surface area contributed by atoms with Crippen LogP contribution in [-0.2, 0) is 0 Å². The zero-order valence-electron chi connectivity index (χ0n) is 32.7. The minimum absolute atomic E-state index is 0.274. The number of unbranched alkanes of at least 4 members (excludes halogenated alkanes) is 6. The second-order valence-electron chi connectivity index (χ2n) is 15.4. The molecule has 6 aromatic rings. The van der Waals surface area contributed by atoms with Gasteiger partial charge in [0.1, 0.15) is 11.0 Å². The van der Waals surface area contributed by atoms with Crippen LogP contribution < -0.4 is 9.00 Å². The number of hydrogen-bond acceptors (Lipinski definition) is 7. The first-order valence-electron chi connectivity index (χ1n) is 20.5. The Kier molecular flexibility index (Phi) is 14.6. The molecule has 0 bridgehead atoms. The molecule has 11 heteroatoms. The number of thiophene rings is 4. The second-order valence-corrected chi connectivity index (χ2v) is 30.2. The van der Waals surface area contributed by atoms with Crippen LogP contribution in [0.2, 0.25) is 36.3 Å². The number of fused-ring (bicyclic) bond motifs is 3. The van der Waals surface area contributed by atoms with Crippen molar-refractivity contribution in [1.29, 1.82) is 0 Å². The highest BCUT2D eigenvalue weighted by Gasteiger charge is 2.37. The SMILES string of the molecule is CCCC[Si](CCCC)(CCCC)c1cc2sc(-c3c(F)c(F)c(-c4cc5sc([Si](CCCC)(CCCC)CCCC)cc5s4)c4nsnc34)cc2s1. The molecule has 0 aliphatic rings. The van der Waals surface area contributed by atoms with Gasteiger partial charge in [-0.05, 0) is 33.3 Å². The van der Waals surface area contributed by atoms with E-state index in [4.69, 9.17) is 0 Å². The Morgan fingerprint density at radius 1 is 0.453 bits per heavy atom. The molecule has 5 heterocycles. The average molecular weight is 845 g/mol. The van der Waals surface area contributed by atoms with E-state index < -0.39 is 27.8 Å². The number of benzene rings is 1. The molecular formula is C42H58F2N2S5Si2. The first-order valence-corrected chi connectivity index (χ1v) is 29.7. The van der Waals surface area contributed by atoms with Crippen molar-refractivity contribution in [1.82, 2.24) is 8.75 Å². The van der Waals surface area contributed by atoms with Gasteiger partial charge in [-0.25, -0.2) is 8.78 Å². The summed E-state index contributed by atoms with van der Waals surface area (Å²) in [6.45, 7) is 13.9. The van der Waals surface area contributed by atoms with Gasteiger partial charge in [0.05, 0.1) is 39.0 Å². The van der Waals surface area contributed by atoms with Gasteiger partial charge < -0.3 is 0 Å². The van der Waals surface area contributed by atoms with Crippen LogP contribution in [0.1, 0.15) is 119 Å². The second kappa shape index (κ2) is 18.7. The average Bonchev–Trinajstić information content (AvgIpc) is 4.00. The maximum absolute atomic E-state index is 16.5. The molecule has 0 aliphatic heterocycles. The van der Waals surface area contributed by atoms with E-state index in [9.17, 15) is 0 Å². The number of hydrogen-bond donors (Lipinski definition) is 0. The molecule has 0 saturated heterocycles. The van der Waals surface area contributed by atoms with Crippen LogP contribution in [0.15, 0.2) is 24.3 Å². The van der Waals surface area contributed by atoms with E-state index in [2.05, 4.69) is 74.6 Å². The van der Waals surface area contributed by atoms with E-state index in [0.29, 0.717) is 11.0 Å². The topological polar surface area (TPSA) is 25.8 Å². The Bertz CT molecular complexity index is 1840. The summed E-state index contributed by atoms with van der Waals surface area (Å²) >= 11 is 8.12. The Hall–Kier alpha value is -1.35. The van der Waals surface area contributed by atoms with Gasteiger partial charge in [-0.3, -0.25) is 0 Å². The van der Waals surface area contributed by atoms with Gasteiger partial charge in [-0.2, -0.15) is 8.75 Å². The van der Waals surface area contributed by atoms with Crippen LogP contribution in [0.25, 0.3) is 50.7 Å². The molecule has 0 saturated carbocycles. The van der Waals surface area contributed by atoms with Crippen molar-refractivity contribution in [2.24, 2.45) is 0 Å². The maximum atomic E-state index is 16.5. The molecule has 0 fully saturated rings. The largest absolute Gasteiger partial charge is 0.203 e. The third kappa shape index (κ3) is 8.52. The number of halogens is 2. The van der Waals surface area contributed by atoms with Crippen LogP contribution in [0.4, 0.5) is 8.78 Å². The fourth-order valence-corrected chi connectivity index (χ4v) is 27.8. The Labute approximate surface area is 338 Å². The Morgan fingerprint density at radius 2 is 0.755 bits per heavy atom. The number of rotatable bonds is 22. The lowest BCUT2D eigenvalue weighted by Crippen LogP contribution is -2.45. The highest BCUT2D eigenvalue weighted by Crippen LogP contribution is 2.47. The van der Waals surface area contributed by atoms with Crippen molar-refractivity contribution < 1.29 is 8.78 Å². The first kappa shape index (κ1) is 41.3. The summed E-state index contributed by atoms with van der Waals surface area (Å²) in [6.07, 6.45) is 15.2. The van der Waals surface area contributed by atoms with Crippen LogP contribution >= 0.6 is 57.1 Å². The Morgan fingerprint density at radius 3 is 1.04 bits per heavy atom. The van der Waals surface area contributed by atoms with Crippen LogP contribution in [0.3, 0.4) is 0 Å². The first-order chi connectivity index (χ1) is 25.8. The molecule has 0 spiro atoms. The molecule has 288 valence electrons. The molecule has 0 radical (unpaired) electrons. The van der Waals surface area contributed by atoms with Crippen molar-refractivity contribution in [3.05, 3.63) is 35.9 Å². The highest BCUT2D eigenvalue weighted by molar-refractivity contribution is 7.37. The monoisotopic (exact) mass is 844 g/mol. The number of aromatic nitrogens is 2. The van der Waals surface area contributed by atoms with Gasteiger partial charge in [-0.1, -0.05) is 155 Å². The molecule has 6 rings (SSSR count). The molecule has 0 amide bonds. The summed E-state index contributed by atoms with van der Waals surface area (Å²) in [6, 6.07) is 17.3. The van der Waals surface area contributed by atoms with Crippen molar-refractivity contribution in [2.45, 2.75) is 155 Å². The van der Waals surface area contributed by atoms with Gasteiger partial charge in [0.15, 0.2) is 11.6 Å². The molecule has 0 aliphatic carbocycles. The highest BCUT2D eigenvalue weighted by atomic mass is 32.1. The van der Waals surface area contributed by atoms with Crippen molar-refractivity contribution in [3.8, 4) is 20.9 Å². The maximum Gasteiger partial charge on any atom is 0.170 e. The minimum Gasteiger partial charge on any atom is -0.203 e. The lowest BCUT2D eigenvalue weighted by atomic mass is 10.0. The summed E-state index contributed by atoms with van der Waals surface area (Å²) in [5.74, 6) is -1.59. The van der Waals surface area contributed by atoms with E-state index in [1.165, 1.54) is 132 Å². The predicted octanol–water partition coefficient (Wildman–Crippen LogP) is 16.0. The zero-order chi connectivity index (χ0) is 37.6. The van der Waals surface area contributed by atoms with Gasteiger partial charge in [0.25, 0.3) is 0 Å². The third-order valence-corrected chi connectivity index (χ3v) is 29.8. The van der Waals surface area contributed by atoms with Gasteiger partial charge >= 0.3 is 0 Å². The molecule has 0 unspecified atom stereocenters. The summed E-state index contributed by atoms with van der Waals surface area (Å²) < 4.78 is 50.3. The summed E-state index contributed by atoms with van der Waals surface area (Å²) in [4.78, 5) is 1.51. The quantitative estimate of drug-likeness (QED) is 0.0636. The standard InChI is InChI=1S/C42H58F2N2S5Si2/c1-7-13-19-52(20-14-8-2,21-15-9-3)35-27-31-29(49-35)25-33(47-31)37-39(43)40(44)38(42-41(37)45-51-46-42)34-26-30-32(48-34)28-36(50-30)53(22-16-10-4,23-17-11-5)24-18-12-6/h25-28H,7-24H2,1-6H3. The van der Waals surface area contributed by atoms with E-state index in [1.807, 2.05) is 22.7 Å². The molecule has 1 aromatic carbocycles. The van der Waals surface area contributed by atoms with E-state index in [-0.39, 0.29) is 11.1 Å². The summed E-state index contributed by atoms with van der Waals surface area (Å²) in [7, 11) is -3.29. The fourth-order valence-electron chi connectivity index (χ4n) is 8.41. The summed E-state index contributed by atoms with van der Waals surface area (Å²) in [5.41, 5.74) is 1.52. The lowest BCUT2D eigenvalue weighted by Gasteiger charge is -2.31. The number of nitrogens with zero attached hydrogens (tertiary/aromatic N) is 2. The molecule has 0 N–H and O–H groups in total. The van der Waals surface area contributed by atoms with Crippen LogP contribution in [-0.4, -0.2) is 24.9 Å². The minimum atomic E-state index is -1.64. The van der Waals surface area contributed by atoms with Gasteiger partial charge in [0, 0.05) is 28.6 Å². The van der Waals surface area contributed by atoms with E-state index in [0.717, 1.165) is 21.5 Å². The van der Waals surface area contributed by atoms with Crippen molar-refractivity contribution >= 4 is 112 Å². The Balaban J connectivity index is 1.37. The normalized spacial score (nSPS) is 12.8. The third-order valence-electron chi connectivity index (χ3n) is 11.6. The molecule has 53 heavy (non-hydrogen) atoms. The molecule has 5 aromatic heterocycles. The predicted molar refractivity (Wildman–Crippen MR) is 244 cm³/mol. The molecule has 0 atom stereocenters. The smallest absolute Gasteiger partial charge is 0.170 e. The van der Waals surface area contributed by atoms with Crippen LogP contribution in [0.5, 0.6) is 0 Å². The van der Waals surface area contributed by atoms with Crippen molar-refractivity contribution in [2.75, 3.05) is 0 Å². The lowest BCUT2D eigenvalue weighted by molar-refractivity contribution is 0.516. The van der Waals surface area contributed by atoms with E-state index in [1.54, 1.807) is 31.7 Å².